The molecule has 0 aliphatic carbocycles. The van der Waals surface area contributed by atoms with Crippen molar-refractivity contribution in [2.24, 2.45) is 4.99 Å². The van der Waals surface area contributed by atoms with Gasteiger partial charge in [0.1, 0.15) is 0 Å². The summed E-state index contributed by atoms with van der Waals surface area (Å²) in [7, 11) is 8.25. The third-order valence-corrected chi connectivity index (χ3v) is 2.81. The van der Waals surface area contributed by atoms with Crippen LogP contribution in [0.1, 0.15) is 12.8 Å². The summed E-state index contributed by atoms with van der Waals surface area (Å²) < 4.78 is 0. The zero-order valence-electron chi connectivity index (χ0n) is 10.5. The van der Waals surface area contributed by atoms with E-state index in [0.717, 1.165) is 25.6 Å². The van der Waals surface area contributed by atoms with Gasteiger partial charge in [-0.2, -0.15) is 0 Å². The van der Waals surface area contributed by atoms with Crippen molar-refractivity contribution in [1.82, 2.24) is 14.7 Å². The van der Waals surface area contributed by atoms with Crippen LogP contribution in [0, 0.1) is 0 Å². The van der Waals surface area contributed by atoms with E-state index in [4.69, 9.17) is 0 Å². The average Bonchev–Trinajstić information content (AvgIpc) is 2.53. The highest BCUT2D eigenvalue weighted by Crippen LogP contribution is 2.07. The van der Waals surface area contributed by atoms with Crippen LogP contribution in [0.5, 0.6) is 0 Å². The van der Waals surface area contributed by atoms with Gasteiger partial charge < -0.3 is 14.7 Å². The summed E-state index contributed by atoms with van der Waals surface area (Å²) in [6.07, 6.45) is 2.52. The molecule has 0 spiro atoms. The van der Waals surface area contributed by atoms with E-state index in [-0.39, 0.29) is 0 Å². The summed E-state index contributed by atoms with van der Waals surface area (Å²) in [4.78, 5) is 11.2. The number of guanidine groups is 1. The van der Waals surface area contributed by atoms with Gasteiger partial charge in [-0.25, -0.2) is 0 Å². The zero-order valence-corrected chi connectivity index (χ0v) is 10.5. The average molecular weight is 212 g/mol. The first kappa shape index (κ1) is 12.3. The summed E-state index contributed by atoms with van der Waals surface area (Å²) in [5.74, 6) is 1.15. The van der Waals surface area contributed by atoms with Gasteiger partial charge in [-0.1, -0.05) is 0 Å². The van der Waals surface area contributed by atoms with E-state index in [1.165, 1.54) is 19.4 Å². The molecule has 1 fully saturated rings. The number of likely N-dealkylation sites (N-methyl/N-ethyl adjacent to an activating group) is 1. The van der Waals surface area contributed by atoms with Crippen molar-refractivity contribution in [2.45, 2.75) is 12.8 Å². The molecular weight excluding hydrogens is 188 g/mol. The fourth-order valence-electron chi connectivity index (χ4n) is 1.97. The molecule has 0 aromatic rings. The van der Waals surface area contributed by atoms with E-state index in [9.17, 15) is 0 Å². The normalized spacial score (nSPS) is 19.7. The maximum absolute atomic E-state index is 4.32. The lowest BCUT2D eigenvalue weighted by atomic mass is 10.3. The van der Waals surface area contributed by atoms with Crippen molar-refractivity contribution < 1.29 is 0 Å². The van der Waals surface area contributed by atoms with E-state index >= 15 is 0 Å². The molecule has 1 rings (SSSR count). The van der Waals surface area contributed by atoms with Crippen molar-refractivity contribution >= 4 is 5.96 Å². The van der Waals surface area contributed by atoms with Crippen molar-refractivity contribution in [3.8, 4) is 0 Å². The molecule has 0 atom stereocenters. The Morgan fingerprint density at radius 3 is 2.60 bits per heavy atom. The lowest BCUT2D eigenvalue weighted by molar-refractivity contribution is 0.371. The van der Waals surface area contributed by atoms with E-state index in [2.05, 4.69) is 40.8 Å². The molecule has 4 nitrogen and oxygen atoms in total. The number of hydrogen-bond acceptors (Lipinski definition) is 2. The van der Waals surface area contributed by atoms with Crippen molar-refractivity contribution in [3.63, 3.8) is 0 Å². The van der Waals surface area contributed by atoms with Gasteiger partial charge in [-0.3, -0.25) is 4.99 Å². The van der Waals surface area contributed by atoms with Gasteiger partial charge in [0, 0.05) is 33.7 Å². The van der Waals surface area contributed by atoms with Gasteiger partial charge in [0.2, 0.25) is 0 Å². The molecule has 1 saturated heterocycles. The Morgan fingerprint density at radius 1 is 1.27 bits per heavy atom. The molecule has 0 aromatic carbocycles. The maximum atomic E-state index is 4.32. The van der Waals surface area contributed by atoms with Gasteiger partial charge in [0.25, 0.3) is 0 Å². The van der Waals surface area contributed by atoms with Crippen LogP contribution >= 0.6 is 0 Å². The first-order valence-electron chi connectivity index (χ1n) is 5.72. The van der Waals surface area contributed by atoms with Crippen LogP contribution in [0.15, 0.2) is 4.99 Å². The highest BCUT2D eigenvalue weighted by molar-refractivity contribution is 5.81. The predicted molar refractivity (Wildman–Crippen MR) is 65.4 cm³/mol. The molecule has 0 aromatic heterocycles. The molecule has 0 unspecified atom stereocenters. The number of rotatable bonds is 5. The minimum absolute atomic E-state index is 1.11. The van der Waals surface area contributed by atoms with E-state index in [0.29, 0.717) is 0 Å². The summed E-state index contributed by atoms with van der Waals surface area (Å²) in [5.41, 5.74) is 0. The minimum atomic E-state index is 1.11. The van der Waals surface area contributed by atoms with E-state index in [1.807, 2.05) is 7.05 Å². The van der Waals surface area contributed by atoms with E-state index < -0.39 is 0 Å². The quantitative estimate of drug-likeness (QED) is 0.622. The maximum Gasteiger partial charge on any atom is 0.196 e. The second-order valence-corrected chi connectivity index (χ2v) is 4.44. The number of aliphatic imine (C=N–C) groups is 1. The van der Waals surface area contributed by atoms with Crippen molar-refractivity contribution in [1.29, 1.82) is 0 Å². The van der Waals surface area contributed by atoms with Crippen LogP contribution in [0.2, 0.25) is 0 Å². The molecule has 15 heavy (non-hydrogen) atoms. The topological polar surface area (TPSA) is 22.1 Å². The minimum Gasteiger partial charge on any atom is -0.344 e. The van der Waals surface area contributed by atoms with Crippen molar-refractivity contribution in [3.05, 3.63) is 0 Å². The second-order valence-electron chi connectivity index (χ2n) is 4.44. The van der Waals surface area contributed by atoms with Crippen LogP contribution in [0.25, 0.3) is 0 Å². The van der Waals surface area contributed by atoms with Gasteiger partial charge in [-0.15, -0.1) is 0 Å². The van der Waals surface area contributed by atoms with Gasteiger partial charge in [0.15, 0.2) is 5.96 Å². The van der Waals surface area contributed by atoms with Gasteiger partial charge in [-0.05, 0) is 33.5 Å². The summed E-state index contributed by atoms with van der Waals surface area (Å²) in [6.45, 7) is 4.57. The van der Waals surface area contributed by atoms with Crippen molar-refractivity contribution in [2.75, 3.05) is 54.4 Å². The SMILES string of the molecule is CN=C1N(C)CCN1CCCCN(C)C. The Bertz CT molecular complexity index is 213. The highest BCUT2D eigenvalue weighted by atomic mass is 15.4. The Hall–Kier alpha value is -0.770. The smallest absolute Gasteiger partial charge is 0.196 e. The molecule has 0 saturated carbocycles. The second kappa shape index (κ2) is 5.95. The highest BCUT2D eigenvalue weighted by Gasteiger charge is 2.21. The standard InChI is InChI=1S/C11H24N4/c1-12-11-14(4)9-10-15(11)8-6-5-7-13(2)3/h5-10H2,1-4H3. The zero-order chi connectivity index (χ0) is 11.3. The summed E-state index contributed by atoms with van der Waals surface area (Å²) in [5, 5.41) is 0. The lowest BCUT2D eigenvalue weighted by Crippen LogP contribution is -2.32. The number of nitrogens with zero attached hydrogens (tertiary/aromatic N) is 4. The first-order chi connectivity index (χ1) is 7.15. The largest absolute Gasteiger partial charge is 0.344 e. The molecule has 4 heteroatoms. The van der Waals surface area contributed by atoms with Crippen LogP contribution < -0.4 is 0 Å². The third kappa shape index (κ3) is 3.70. The molecule has 0 bridgehead atoms. The lowest BCUT2D eigenvalue weighted by Gasteiger charge is -2.20. The van der Waals surface area contributed by atoms with E-state index in [1.54, 1.807) is 0 Å². The Morgan fingerprint density at radius 2 is 2.00 bits per heavy atom. The predicted octanol–water partition coefficient (Wildman–Crippen LogP) is 0.561. The van der Waals surface area contributed by atoms with Gasteiger partial charge >= 0.3 is 0 Å². The number of hydrogen-bond donors (Lipinski definition) is 0. The molecule has 0 radical (unpaired) electrons. The first-order valence-corrected chi connectivity index (χ1v) is 5.72. The number of unbranched alkanes of at least 4 members (excludes halogenated alkanes) is 1. The Balaban J connectivity index is 2.22. The molecule has 0 amide bonds. The summed E-state index contributed by atoms with van der Waals surface area (Å²) in [6, 6.07) is 0. The van der Waals surface area contributed by atoms with Crippen LogP contribution in [-0.2, 0) is 0 Å². The third-order valence-electron chi connectivity index (χ3n) is 2.81. The molecule has 1 aliphatic rings. The molecular formula is C11H24N4. The molecule has 0 N–H and O–H groups in total. The molecule has 1 aliphatic heterocycles. The fraction of sp³-hybridized carbons (Fsp3) is 0.909. The fourth-order valence-corrected chi connectivity index (χ4v) is 1.97. The Labute approximate surface area is 93.6 Å². The molecule has 88 valence electrons. The molecule has 1 heterocycles. The van der Waals surface area contributed by atoms with Crippen LogP contribution in [0.3, 0.4) is 0 Å². The van der Waals surface area contributed by atoms with Crippen LogP contribution in [-0.4, -0.2) is 75.0 Å². The Kier molecular flexibility index (Phi) is 4.88. The van der Waals surface area contributed by atoms with Gasteiger partial charge in [0.05, 0.1) is 0 Å². The monoisotopic (exact) mass is 212 g/mol. The summed E-state index contributed by atoms with van der Waals surface area (Å²) >= 11 is 0. The van der Waals surface area contributed by atoms with Crippen LogP contribution in [0.4, 0.5) is 0 Å².